The summed E-state index contributed by atoms with van der Waals surface area (Å²) in [6.45, 7) is 6.51. The van der Waals surface area contributed by atoms with Gasteiger partial charge >= 0.3 is 12.3 Å². The van der Waals surface area contributed by atoms with E-state index in [-0.39, 0.29) is 5.56 Å². The summed E-state index contributed by atoms with van der Waals surface area (Å²) in [5, 5.41) is 1.80. The average Bonchev–Trinajstić information content (AvgIpc) is 2.54. The number of ketones is 1. The van der Waals surface area contributed by atoms with Gasteiger partial charge in [-0.1, -0.05) is 56.2 Å². The molecule has 150 valence electrons. The SMILES string of the molecule is CCCC/C=C/C(=O)C(NC(=O)OC(C)(C)C)(c1ccccc1)C(F)(F)F. The molecule has 0 aliphatic heterocycles. The molecule has 0 bridgehead atoms. The molecule has 0 aliphatic carbocycles. The third-order valence-electron chi connectivity index (χ3n) is 3.68. The molecule has 27 heavy (non-hydrogen) atoms. The molecular weight excluding hydrogens is 359 g/mol. The second-order valence-corrected chi connectivity index (χ2v) is 7.15. The number of carbonyl (C=O) groups is 2. The van der Waals surface area contributed by atoms with E-state index in [1.165, 1.54) is 45.0 Å². The Morgan fingerprint density at radius 2 is 1.70 bits per heavy atom. The van der Waals surface area contributed by atoms with Crippen molar-refractivity contribution in [2.75, 3.05) is 0 Å². The Morgan fingerprint density at radius 3 is 2.19 bits per heavy atom. The molecule has 0 aromatic heterocycles. The summed E-state index contributed by atoms with van der Waals surface area (Å²) in [5.74, 6) is -1.27. The van der Waals surface area contributed by atoms with Crippen molar-refractivity contribution in [3.8, 4) is 0 Å². The predicted molar refractivity (Wildman–Crippen MR) is 97.2 cm³/mol. The third-order valence-corrected chi connectivity index (χ3v) is 3.68. The monoisotopic (exact) mass is 385 g/mol. The summed E-state index contributed by atoms with van der Waals surface area (Å²) in [6.07, 6.45) is -2.06. The van der Waals surface area contributed by atoms with Crippen LogP contribution in [0.3, 0.4) is 0 Å². The minimum Gasteiger partial charge on any atom is -0.444 e. The maximum absolute atomic E-state index is 14.2. The maximum atomic E-state index is 14.2. The fourth-order valence-corrected chi connectivity index (χ4v) is 2.43. The molecule has 0 heterocycles. The van der Waals surface area contributed by atoms with Gasteiger partial charge in [0, 0.05) is 0 Å². The van der Waals surface area contributed by atoms with Gasteiger partial charge in [-0.05, 0) is 38.8 Å². The molecule has 1 amide bonds. The zero-order valence-corrected chi connectivity index (χ0v) is 16.0. The van der Waals surface area contributed by atoms with E-state index >= 15 is 0 Å². The fraction of sp³-hybridized carbons (Fsp3) is 0.500. The number of benzene rings is 1. The first kappa shape index (κ1) is 22.7. The average molecular weight is 385 g/mol. The van der Waals surface area contributed by atoms with Gasteiger partial charge in [-0.2, -0.15) is 13.2 Å². The highest BCUT2D eigenvalue weighted by Gasteiger charge is 2.62. The Morgan fingerprint density at radius 1 is 1.11 bits per heavy atom. The number of rotatable bonds is 7. The molecule has 1 aromatic carbocycles. The van der Waals surface area contributed by atoms with Crippen LogP contribution in [0.15, 0.2) is 42.5 Å². The second-order valence-electron chi connectivity index (χ2n) is 7.15. The van der Waals surface area contributed by atoms with Crippen molar-refractivity contribution in [2.45, 2.75) is 64.3 Å². The first-order valence-electron chi connectivity index (χ1n) is 8.78. The Hall–Kier alpha value is -2.31. The summed E-state index contributed by atoms with van der Waals surface area (Å²) in [4.78, 5) is 24.9. The van der Waals surface area contributed by atoms with Crippen LogP contribution in [0.4, 0.5) is 18.0 Å². The smallest absolute Gasteiger partial charge is 0.423 e. The fourth-order valence-electron chi connectivity index (χ4n) is 2.43. The lowest BCUT2D eigenvalue weighted by Crippen LogP contribution is -2.61. The number of hydrogen-bond donors (Lipinski definition) is 1. The van der Waals surface area contributed by atoms with E-state index in [1.54, 1.807) is 5.32 Å². The molecule has 0 fully saturated rings. The number of nitrogens with one attached hydrogen (secondary N) is 1. The molecule has 1 atom stereocenters. The normalized spacial score (nSPS) is 14.6. The van der Waals surface area contributed by atoms with Crippen molar-refractivity contribution in [1.82, 2.24) is 5.32 Å². The number of alkyl halides is 3. The third kappa shape index (κ3) is 6.12. The molecule has 0 radical (unpaired) electrons. The van der Waals surface area contributed by atoms with Gasteiger partial charge in [0.2, 0.25) is 5.54 Å². The molecule has 4 nitrogen and oxygen atoms in total. The van der Waals surface area contributed by atoms with Gasteiger partial charge in [-0.25, -0.2) is 4.79 Å². The minimum atomic E-state index is -5.07. The van der Waals surface area contributed by atoms with Crippen LogP contribution in [0.1, 0.15) is 52.5 Å². The largest absolute Gasteiger partial charge is 0.444 e. The van der Waals surface area contributed by atoms with Gasteiger partial charge in [0.25, 0.3) is 0 Å². The molecular formula is C20H26F3NO3. The highest BCUT2D eigenvalue weighted by atomic mass is 19.4. The van der Waals surface area contributed by atoms with E-state index in [0.29, 0.717) is 6.42 Å². The van der Waals surface area contributed by atoms with E-state index in [1.807, 2.05) is 6.92 Å². The Kier molecular flexibility index (Phi) is 7.63. The summed E-state index contributed by atoms with van der Waals surface area (Å²) >= 11 is 0. The van der Waals surface area contributed by atoms with Crippen LogP contribution in [0, 0.1) is 0 Å². The first-order valence-corrected chi connectivity index (χ1v) is 8.78. The molecule has 1 unspecified atom stereocenters. The summed E-state index contributed by atoms with van der Waals surface area (Å²) in [5.41, 5.74) is -4.62. The van der Waals surface area contributed by atoms with Gasteiger partial charge in [0.15, 0.2) is 5.78 Å². The summed E-state index contributed by atoms with van der Waals surface area (Å²) in [6, 6.07) is 6.59. The van der Waals surface area contributed by atoms with Gasteiger partial charge < -0.3 is 4.74 Å². The Labute approximate surface area is 157 Å². The number of hydrogen-bond acceptors (Lipinski definition) is 3. The maximum Gasteiger partial charge on any atom is 0.423 e. The quantitative estimate of drug-likeness (QED) is 0.513. The summed E-state index contributed by atoms with van der Waals surface area (Å²) < 4.78 is 47.4. The summed E-state index contributed by atoms with van der Waals surface area (Å²) in [7, 11) is 0. The van der Waals surface area contributed by atoms with Crippen molar-refractivity contribution in [3.63, 3.8) is 0 Å². The van der Waals surface area contributed by atoms with Crippen molar-refractivity contribution in [1.29, 1.82) is 0 Å². The van der Waals surface area contributed by atoms with E-state index in [4.69, 9.17) is 4.74 Å². The predicted octanol–water partition coefficient (Wildman–Crippen LogP) is 5.28. The van der Waals surface area contributed by atoms with E-state index in [2.05, 4.69) is 0 Å². The van der Waals surface area contributed by atoms with Crippen LogP contribution in [0.5, 0.6) is 0 Å². The molecule has 0 aliphatic rings. The molecule has 1 rings (SSSR count). The number of alkyl carbamates (subject to hydrolysis) is 1. The first-order chi connectivity index (χ1) is 12.4. The minimum absolute atomic E-state index is 0.381. The number of halogens is 3. The zero-order valence-electron chi connectivity index (χ0n) is 16.0. The van der Waals surface area contributed by atoms with Crippen molar-refractivity contribution in [3.05, 3.63) is 48.0 Å². The van der Waals surface area contributed by atoms with Crippen LogP contribution in [-0.2, 0) is 15.1 Å². The Balaban J connectivity index is 3.41. The van der Waals surface area contributed by atoms with E-state index in [0.717, 1.165) is 31.1 Å². The van der Waals surface area contributed by atoms with Crippen LogP contribution in [-0.4, -0.2) is 23.7 Å². The van der Waals surface area contributed by atoms with Crippen LogP contribution >= 0.6 is 0 Å². The molecule has 0 spiro atoms. The lowest BCUT2D eigenvalue weighted by Gasteiger charge is -2.35. The van der Waals surface area contributed by atoms with Crippen molar-refractivity contribution < 1.29 is 27.5 Å². The second kappa shape index (κ2) is 9.06. The molecule has 1 N–H and O–H groups in total. The molecule has 1 aromatic rings. The lowest BCUT2D eigenvalue weighted by molar-refractivity contribution is -0.198. The molecule has 7 heteroatoms. The standard InChI is InChI=1S/C20H26F3NO3/c1-5-6-7-11-14-16(25)19(20(21,22)23,15-12-9-8-10-13-15)24-17(26)27-18(2,3)4/h8-14H,5-7H2,1-4H3,(H,24,26)/b14-11+. The van der Waals surface area contributed by atoms with Gasteiger partial charge in [0.05, 0.1) is 0 Å². The van der Waals surface area contributed by atoms with Crippen molar-refractivity contribution in [2.24, 2.45) is 0 Å². The van der Waals surface area contributed by atoms with Crippen LogP contribution < -0.4 is 5.32 Å². The van der Waals surface area contributed by atoms with Gasteiger partial charge in [-0.15, -0.1) is 0 Å². The molecule has 0 saturated carbocycles. The van der Waals surface area contributed by atoms with Crippen LogP contribution in [0.25, 0.3) is 0 Å². The topological polar surface area (TPSA) is 55.4 Å². The van der Waals surface area contributed by atoms with Gasteiger partial charge in [0.1, 0.15) is 5.60 Å². The lowest BCUT2D eigenvalue weighted by atomic mass is 9.84. The number of amides is 1. The van der Waals surface area contributed by atoms with Crippen LogP contribution in [0.2, 0.25) is 0 Å². The number of allylic oxidation sites excluding steroid dienone is 1. The van der Waals surface area contributed by atoms with E-state index in [9.17, 15) is 22.8 Å². The van der Waals surface area contributed by atoms with E-state index < -0.39 is 29.2 Å². The highest BCUT2D eigenvalue weighted by molar-refractivity contribution is 6.01. The highest BCUT2D eigenvalue weighted by Crippen LogP contribution is 2.40. The number of carbonyl (C=O) groups excluding carboxylic acids is 2. The zero-order chi connectivity index (χ0) is 20.7. The Bertz CT molecular complexity index is 663. The molecule has 0 saturated heterocycles. The number of unbranched alkanes of at least 4 members (excludes halogenated alkanes) is 2. The van der Waals surface area contributed by atoms with Gasteiger partial charge in [-0.3, -0.25) is 10.1 Å². The van der Waals surface area contributed by atoms with Crippen molar-refractivity contribution >= 4 is 11.9 Å². The number of ether oxygens (including phenoxy) is 1.